The van der Waals surface area contributed by atoms with E-state index in [1.54, 1.807) is 14.2 Å². The highest BCUT2D eigenvalue weighted by atomic mass is 127. The lowest BCUT2D eigenvalue weighted by Gasteiger charge is -2.31. The molecule has 0 fully saturated rings. The third kappa shape index (κ3) is 3.81. The quantitative estimate of drug-likeness (QED) is 0.310. The maximum atomic E-state index is 13.9. The number of allylic oxidation sites excluding steroid dienone is 1. The third-order valence-electron chi connectivity index (χ3n) is 6.78. The van der Waals surface area contributed by atoms with E-state index in [1.807, 2.05) is 47.0 Å². The van der Waals surface area contributed by atoms with Gasteiger partial charge in [-0.2, -0.15) is 0 Å². The number of ether oxygens (including phenoxy) is 2. The molecule has 1 unspecified atom stereocenters. The molecule has 2 heterocycles. The maximum Gasteiger partial charge on any atom is 0.271 e. The van der Waals surface area contributed by atoms with Crippen molar-refractivity contribution in [1.29, 1.82) is 0 Å². The Bertz CT molecular complexity index is 1720. The molecule has 6 rings (SSSR count). The van der Waals surface area contributed by atoms with Crippen LogP contribution in [0.2, 0.25) is 0 Å². The van der Waals surface area contributed by atoms with Crippen molar-refractivity contribution < 1.29 is 9.47 Å². The number of benzene rings is 3. The Kier molecular flexibility index (Phi) is 6.05. The van der Waals surface area contributed by atoms with Gasteiger partial charge < -0.3 is 9.47 Å². The lowest BCUT2D eigenvalue weighted by Crippen LogP contribution is -2.39. The van der Waals surface area contributed by atoms with E-state index < -0.39 is 0 Å². The number of halogens is 1. The number of hydrogen-bond donors (Lipinski definition) is 0. The Balaban J connectivity index is 1.62. The van der Waals surface area contributed by atoms with Crippen LogP contribution in [-0.2, 0) is 6.42 Å². The second kappa shape index (κ2) is 9.37. The first-order valence-electron chi connectivity index (χ1n) is 11.7. The molecule has 0 radical (unpaired) electrons. The minimum absolute atomic E-state index is 0.0362. The van der Waals surface area contributed by atoms with Gasteiger partial charge in [0.1, 0.15) is 11.5 Å². The van der Waals surface area contributed by atoms with E-state index in [-0.39, 0.29) is 11.6 Å². The predicted molar refractivity (Wildman–Crippen MR) is 151 cm³/mol. The van der Waals surface area contributed by atoms with Crippen molar-refractivity contribution in [3.05, 3.63) is 118 Å². The fourth-order valence-electron chi connectivity index (χ4n) is 5.12. The van der Waals surface area contributed by atoms with Gasteiger partial charge in [0, 0.05) is 11.1 Å². The summed E-state index contributed by atoms with van der Waals surface area (Å²) in [6.07, 6.45) is 3.71. The van der Waals surface area contributed by atoms with Crippen LogP contribution >= 0.6 is 33.9 Å². The summed E-state index contributed by atoms with van der Waals surface area (Å²) in [7, 11) is 3.34. The first-order chi connectivity index (χ1) is 17.6. The van der Waals surface area contributed by atoms with E-state index in [9.17, 15) is 4.79 Å². The minimum Gasteiger partial charge on any atom is -0.496 e. The molecule has 0 N–H and O–H groups in total. The van der Waals surface area contributed by atoms with Crippen LogP contribution in [0.4, 0.5) is 0 Å². The summed E-state index contributed by atoms with van der Waals surface area (Å²) in [6, 6.07) is 22.1. The van der Waals surface area contributed by atoms with Gasteiger partial charge in [-0.15, -0.1) is 0 Å². The first-order valence-corrected chi connectivity index (χ1v) is 13.6. The predicted octanol–water partition coefficient (Wildman–Crippen LogP) is 4.94. The van der Waals surface area contributed by atoms with Crippen LogP contribution < -0.4 is 24.4 Å². The average molecular weight is 606 g/mol. The van der Waals surface area contributed by atoms with Crippen LogP contribution in [0.15, 0.2) is 82.1 Å². The van der Waals surface area contributed by atoms with Gasteiger partial charge in [0.2, 0.25) is 0 Å². The van der Waals surface area contributed by atoms with Crippen molar-refractivity contribution in [2.75, 3.05) is 14.2 Å². The van der Waals surface area contributed by atoms with Gasteiger partial charge in [-0.25, -0.2) is 4.99 Å². The van der Waals surface area contributed by atoms with Crippen molar-refractivity contribution in [3.8, 4) is 11.5 Å². The highest BCUT2D eigenvalue weighted by Gasteiger charge is 2.33. The molecule has 5 nitrogen and oxygen atoms in total. The van der Waals surface area contributed by atoms with E-state index in [1.165, 1.54) is 16.9 Å². The summed E-state index contributed by atoms with van der Waals surface area (Å²) in [5.74, 6) is 1.59. The number of fused-ring (bicyclic) bond motifs is 3. The molecule has 1 aromatic heterocycles. The Morgan fingerprint density at radius 1 is 1.00 bits per heavy atom. The fourth-order valence-corrected chi connectivity index (χ4v) is 6.88. The number of rotatable bonds is 4. The van der Waals surface area contributed by atoms with Gasteiger partial charge in [0.15, 0.2) is 4.80 Å². The molecule has 0 spiro atoms. The van der Waals surface area contributed by atoms with Gasteiger partial charge in [0.25, 0.3) is 5.56 Å². The average Bonchev–Trinajstić information content (AvgIpc) is 3.21. The van der Waals surface area contributed by atoms with Crippen LogP contribution in [-0.4, -0.2) is 18.8 Å². The highest BCUT2D eigenvalue weighted by Crippen LogP contribution is 2.43. The first kappa shape index (κ1) is 23.2. The van der Waals surface area contributed by atoms with Gasteiger partial charge >= 0.3 is 0 Å². The minimum atomic E-state index is -0.265. The zero-order valence-corrected chi connectivity index (χ0v) is 22.8. The smallest absolute Gasteiger partial charge is 0.271 e. The maximum absolute atomic E-state index is 13.9. The van der Waals surface area contributed by atoms with E-state index in [0.717, 1.165) is 55.9 Å². The van der Waals surface area contributed by atoms with Gasteiger partial charge in [-0.1, -0.05) is 59.9 Å². The number of aryl methyl sites for hydroxylation is 1. The zero-order chi connectivity index (χ0) is 24.8. The molecule has 0 bridgehead atoms. The number of methoxy groups -OCH3 is 2. The van der Waals surface area contributed by atoms with Gasteiger partial charge in [-0.05, 0) is 76.4 Å². The van der Waals surface area contributed by atoms with E-state index in [4.69, 9.17) is 14.5 Å². The van der Waals surface area contributed by atoms with Crippen LogP contribution in [0.3, 0.4) is 0 Å². The molecule has 0 saturated heterocycles. The SMILES string of the molecule is COc1ccc(C=c2sc3n(c2=O)C(c2ccccc2OC)C2=C(N=3)c3ccccc3CC2)cc1I. The lowest BCUT2D eigenvalue weighted by atomic mass is 9.83. The Morgan fingerprint density at radius 3 is 2.58 bits per heavy atom. The van der Waals surface area contributed by atoms with E-state index in [0.29, 0.717) is 9.33 Å². The molecular weight excluding hydrogens is 583 g/mol. The monoisotopic (exact) mass is 606 g/mol. The van der Waals surface area contributed by atoms with Crippen molar-refractivity contribution in [1.82, 2.24) is 4.57 Å². The van der Waals surface area contributed by atoms with Crippen LogP contribution in [0.1, 0.15) is 34.7 Å². The number of nitrogens with zero attached hydrogens (tertiary/aromatic N) is 2. The van der Waals surface area contributed by atoms with Crippen molar-refractivity contribution in [3.63, 3.8) is 0 Å². The third-order valence-corrected chi connectivity index (χ3v) is 8.61. The fraction of sp³-hybridized carbons (Fsp3) is 0.172. The van der Waals surface area contributed by atoms with Gasteiger partial charge in [0.05, 0.1) is 34.1 Å². The zero-order valence-electron chi connectivity index (χ0n) is 19.8. The molecule has 180 valence electrons. The molecule has 0 amide bonds. The van der Waals surface area contributed by atoms with Crippen LogP contribution in [0.25, 0.3) is 11.8 Å². The summed E-state index contributed by atoms with van der Waals surface area (Å²) in [6.45, 7) is 0. The summed E-state index contributed by atoms with van der Waals surface area (Å²) >= 11 is 3.69. The highest BCUT2D eigenvalue weighted by molar-refractivity contribution is 14.1. The number of hydrogen-bond acceptors (Lipinski definition) is 5. The van der Waals surface area contributed by atoms with Crippen molar-refractivity contribution in [2.45, 2.75) is 18.9 Å². The summed E-state index contributed by atoms with van der Waals surface area (Å²) < 4.78 is 14.7. The molecule has 1 aliphatic heterocycles. The normalized spacial score (nSPS) is 16.6. The number of thiazole rings is 1. The molecule has 3 aromatic carbocycles. The molecule has 1 aliphatic carbocycles. The number of aromatic nitrogens is 1. The molecule has 2 aliphatic rings. The lowest BCUT2D eigenvalue weighted by molar-refractivity contribution is 0.402. The van der Waals surface area contributed by atoms with Crippen molar-refractivity contribution in [2.24, 2.45) is 4.99 Å². The molecular formula is C29H23IN2O3S. The van der Waals surface area contributed by atoms with E-state index in [2.05, 4.69) is 52.9 Å². The van der Waals surface area contributed by atoms with Crippen molar-refractivity contribution >= 4 is 45.7 Å². The second-order valence-corrected chi connectivity index (χ2v) is 10.9. The van der Waals surface area contributed by atoms with Crippen LogP contribution in [0, 0.1) is 3.57 Å². The molecule has 1 atom stereocenters. The Labute approximate surface area is 226 Å². The molecule has 7 heteroatoms. The van der Waals surface area contributed by atoms with E-state index >= 15 is 0 Å². The molecule has 4 aromatic rings. The summed E-state index contributed by atoms with van der Waals surface area (Å²) in [5, 5.41) is 0. The molecule has 0 saturated carbocycles. The standard InChI is InChI=1S/C29H23IN2O3S/c1-34-23-10-6-5-9-20(23)27-21-13-12-18-7-3-4-8-19(18)26(21)31-29-32(27)28(33)25(36-29)16-17-11-14-24(35-2)22(30)15-17/h3-11,14-16,27H,12-13H2,1-2H3. The molecule has 36 heavy (non-hydrogen) atoms. The Morgan fingerprint density at radius 2 is 1.78 bits per heavy atom. The summed E-state index contributed by atoms with van der Waals surface area (Å²) in [5.41, 5.74) is 6.50. The number of para-hydroxylation sites is 1. The second-order valence-electron chi connectivity index (χ2n) is 8.75. The Hall–Kier alpha value is -3.17. The topological polar surface area (TPSA) is 52.8 Å². The summed E-state index contributed by atoms with van der Waals surface area (Å²) in [4.78, 5) is 19.7. The van der Waals surface area contributed by atoms with Crippen LogP contribution in [0.5, 0.6) is 11.5 Å². The van der Waals surface area contributed by atoms with Gasteiger partial charge in [-0.3, -0.25) is 9.36 Å². The largest absolute Gasteiger partial charge is 0.496 e.